The van der Waals surface area contributed by atoms with Crippen molar-refractivity contribution in [2.75, 3.05) is 12.4 Å². The monoisotopic (exact) mass is 455 g/mol. The van der Waals surface area contributed by atoms with E-state index >= 15 is 0 Å². The van der Waals surface area contributed by atoms with Gasteiger partial charge in [-0.05, 0) is 38.5 Å². The van der Waals surface area contributed by atoms with Crippen LogP contribution in [0.1, 0.15) is 40.9 Å². The van der Waals surface area contributed by atoms with Crippen LogP contribution < -0.4 is 15.8 Å². The molecule has 1 aliphatic heterocycles. The first-order valence-electron chi connectivity index (χ1n) is 9.52. The number of methoxy groups -OCH3 is 1. The lowest BCUT2D eigenvalue weighted by molar-refractivity contribution is -0.261. The molecule has 32 heavy (non-hydrogen) atoms. The predicted octanol–water partition coefficient (Wildman–Crippen LogP) is 3.47. The van der Waals surface area contributed by atoms with Crippen LogP contribution in [0.15, 0.2) is 30.5 Å². The van der Waals surface area contributed by atoms with Gasteiger partial charge in [-0.15, -0.1) is 0 Å². The van der Waals surface area contributed by atoms with E-state index in [2.05, 4.69) is 10.3 Å². The lowest BCUT2D eigenvalue weighted by Crippen LogP contribution is -2.43. The number of halogens is 4. The fraction of sp³-hybridized carbons (Fsp3) is 0.381. The maximum Gasteiger partial charge on any atom is 0.417 e. The molecule has 11 heteroatoms. The molecule has 1 aliphatic rings. The van der Waals surface area contributed by atoms with Gasteiger partial charge < -0.3 is 20.5 Å². The van der Waals surface area contributed by atoms with E-state index in [0.29, 0.717) is 0 Å². The summed E-state index contributed by atoms with van der Waals surface area (Å²) < 4.78 is 65.8. The third-order valence-electron chi connectivity index (χ3n) is 5.47. The van der Waals surface area contributed by atoms with Crippen LogP contribution in [-0.2, 0) is 9.53 Å². The van der Waals surface area contributed by atoms with Gasteiger partial charge >= 0.3 is 6.18 Å². The van der Waals surface area contributed by atoms with Gasteiger partial charge in [-0.25, -0.2) is 4.39 Å². The van der Waals surface area contributed by atoms with Gasteiger partial charge in [0.05, 0.1) is 7.11 Å². The van der Waals surface area contributed by atoms with Crippen molar-refractivity contribution in [2.24, 2.45) is 5.73 Å². The molecule has 2 heterocycles. The van der Waals surface area contributed by atoms with Gasteiger partial charge in [0, 0.05) is 28.9 Å². The SMILES string of the molecule is COc1c([C@H]2C[C@@](C)(C(F)(F)F)O[C@H]2C(=O)Nc2ccnc(C(N)=O)c2)ccc(F)c1C. The second-order valence-electron chi connectivity index (χ2n) is 7.66. The standard InChI is InChI=1S/C21H21F4N3O4/c1-10-14(22)5-4-12(16(10)31-3)13-9-20(2,21(23,24)25)32-17(13)19(30)28-11-6-7-27-15(8-11)18(26)29/h4-8,13,17H,9H2,1-3H3,(H2,26,29)(H,27,28,30)/t13-,17-,20+/m1/s1. The molecule has 1 aromatic heterocycles. The number of primary amides is 1. The molecule has 3 N–H and O–H groups in total. The molecule has 1 fully saturated rings. The Bertz CT molecular complexity index is 1060. The lowest BCUT2D eigenvalue weighted by Gasteiger charge is -2.27. The van der Waals surface area contributed by atoms with Crippen molar-refractivity contribution in [1.82, 2.24) is 4.98 Å². The maximum atomic E-state index is 14.0. The fourth-order valence-corrected chi connectivity index (χ4v) is 3.74. The minimum absolute atomic E-state index is 0.0442. The first kappa shape index (κ1) is 23.5. The third-order valence-corrected chi connectivity index (χ3v) is 5.47. The van der Waals surface area contributed by atoms with Crippen LogP contribution in [0.5, 0.6) is 5.75 Å². The molecule has 3 rings (SSSR count). The van der Waals surface area contributed by atoms with Gasteiger partial charge in [0.25, 0.3) is 11.8 Å². The van der Waals surface area contributed by atoms with E-state index in [1.165, 1.54) is 38.4 Å². The second-order valence-corrected chi connectivity index (χ2v) is 7.66. The lowest BCUT2D eigenvalue weighted by atomic mass is 9.85. The van der Waals surface area contributed by atoms with E-state index in [9.17, 15) is 27.2 Å². The van der Waals surface area contributed by atoms with E-state index in [1.807, 2.05) is 0 Å². The highest BCUT2D eigenvalue weighted by Crippen LogP contribution is 2.51. The van der Waals surface area contributed by atoms with Gasteiger partial charge in [0.2, 0.25) is 0 Å². The number of pyridine rings is 1. The van der Waals surface area contributed by atoms with Crippen molar-refractivity contribution in [3.63, 3.8) is 0 Å². The zero-order valence-electron chi connectivity index (χ0n) is 17.4. The number of nitrogens with two attached hydrogens (primary N) is 1. The number of anilines is 1. The zero-order chi connectivity index (χ0) is 23.8. The van der Waals surface area contributed by atoms with Crippen LogP contribution in [0.3, 0.4) is 0 Å². The van der Waals surface area contributed by atoms with Gasteiger partial charge in [-0.2, -0.15) is 13.2 Å². The van der Waals surface area contributed by atoms with E-state index in [1.54, 1.807) is 0 Å². The van der Waals surface area contributed by atoms with Gasteiger partial charge in [0.1, 0.15) is 23.4 Å². The topological polar surface area (TPSA) is 104 Å². The first-order valence-corrected chi connectivity index (χ1v) is 9.52. The van der Waals surface area contributed by atoms with Crippen molar-refractivity contribution in [3.05, 3.63) is 53.1 Å². The molecule has 3 atom stereocenters. The highest BCUT2D eigenvalue weighted by molar-refractivity contribution is 5.97. The van der Waals surface area contributed by atoms with E-state index in [0.717, 1.165) is 13.0 Å². The normalized spacial score (nSPS) is 23.1. The largest absolute Gasteiger partial charge is 0.496 e. The van der Waals surface area contributed by atoms with Crippen LogP contribution in [0.25, 0.3) is 0 Å². The molecule has 0 bridgehead atoms. The van der Waals surface area contributed by atoms with Crippen molar-refractivity contribution >= 4 is 17.5 Å². The maximum absolute atomic E-state index is 14.0. The Morgan fingerprint density at radius 2 is 2.00 bits per heavy atom. The first-order chi connectivity index (χ1) is 14.9. The summed E-state index contributed by atoms with van der Waals surface area (Å²) in [6.07, 6.45) is -5.71. The fourth-order valence-electron chi connectivity index (χ4n) is 3.74. The van der Waals surface area contributed by atoms with E-state index in [4.69, 9.17) is 15.2 Å². The summed E-state index contributed by atoms with van der Waals surface area (Å²) in [4.78, 5) is 28.0. The van der Waals surface area contributed by atoms with Gasteiger partial charge in [0.15, 0.2) is 5.60 Å². The molecule has 0 saturated carbocycles. The number of amides is 2. The van der Waals surface area contributed by atoms with Gasteiger partial charge in [-0.1, -0.05) is 6.07 Å². The smallest absolute Gasteiger partial charge is 0.417 e. The molecule has 172 valence electrons. The van der Waals surface area contributed by atoms with Crippen LogP contribution in [0, 0.1) is 12.7 Å². The predicted molar refractivity (Wildman–Crippen MR) is 106 cm³/mol. The number of alkyl halides is 3. The zero-order valence-corrected chi connectivity index (χ0v) is 17.4. The number of carbonyl (C=O) groups excluding carboxylic acids is 2. The number of nitrogens with zero attached hydrogens (tertiary/aromatic N) is 1. The summed E-state index contributed by atoms with van der Waals surface area (Å²) >= 11 is 0. The molecule has 0 aliphatic carbocycles. The number of hydrogen-bond acceptors (Lipinski definition) is 5. The number of rotatable bonds is 5. The number of nitrogens with one attached hydrogen (secondary N) is 1. The molecule has 0 radical (unpaired) electrons. The number of benzene rings is 1. The molecule has 1 aromatic carbocycles. The Kier molecular flexibility index (Phi) is 6.14. The number of carbonyl (C=O) groups is 2. The Morgan fingerprint density at radius 3 is 2.59 bits per heavy atom. The van der Waals surface area contributed by atoms with Gasteiger partial charge in [-0.3, -0.25) is 14.6 Å². The Hall–Kier alpha value is -3.21. The quantitative estimate of drug-likeness (QED) is 0.672. The van der Waals surface area contributed by atoms with E-state index < -0.39 is 47.9 Å². The number of ether oxygens (including phenoxy) is 2. The molecule has 0 spiro atoms. The Morgan fingerprint density at radius 1 is 1.31 bits per heavy atom. The van der Waals surface area contributed by atoms with Crippen LogP contribution >= 0.6 is 0 Å². The summed E-state index contributed by atoms with van der Waals surface area (Å²) in [7, 11) is 1.27. The summed E-state index contributed by atoms with van der Waals surface area (Å²) in [5.41, 5.74) is 2.83. The summed E-state index contributed by atoms with van der Waals surface area (Å²) in [6, 6.07) is 4.93. The summed E-state index contributed by atoms with van der Waals surface area (Å²) in [6.45, 7) is 2.28. The Balaban J connectivity index is 2.01. The number of hydrogen-bond donors (Lipinski definition) is 2. The summed E-state index contributed by atoms with van der Waals surface area (Å²) in [5, 5.41) is 2.44. The third kappa shape index (κ3) is 4.24. The average Bonchev–Trinajstić information content (AvgIpc) is 3.09. The molecule has 1 saturated heterocycles. The van der Waals surface area contributed by atoms with Crippen LogP contribution in [0.2, 0.25) is 0 Å². The van der Waals surface area contributed by atoms with Crippen molar-refractivity contribution < 1.29 is 36.6 Å². The van der Waals surface area contributed by atoms with Crippen molar-refractivity contribution in [1.29, 1.82) is 0 Å². The van der Waals surface area contributed by atoms with Crippen molar-refractivity contribution in [3.8, 4) is 5.75 Å². The van der Waals surface area contributed by atoms with Crippen LogP contribution in [0.4, 0.5) is 23.2 Å². The second kappa shape index (κ2) is 8.38. The molecule has 2 aromatic rings. The minimum Gasteiger partial charge on any atom is -0.496 e. The average molecular weight is 455 g/mol. The van der Waals surface area contributed by atoms with Crippen LogP contribution in [-0.4, -0.2) is 41.8 Å². The molecule has 7 nitrogen and oxygen atoms in total. The highest BCUT2D eigenvalue weighted by atomic mass is 19.4. The molecule has 0 unspecified atom stereocenters. The minimum atomic E-state index is -4.77. The molecular weight excluding hydrogens is 434 g/mol. The highest BCUT2D eigenvalue weighted by Gasteiger charge is 2.61. The Labute approximate surface area is 180 Å². The van der Waals surface area contributed by atoms with E-state index in [-0.39, 0.29) is 28.3 Å². The number of aromatic nitrogens is 1. The molecule has 2 amide bonds. The summed E-state index contributed by atoms with van der Waals surface area (Å²) in [5.74, 6) is -3.36. The molecular formula is C21H21F4N3O4. The van der Waals surface area contributed by atoms with Crippen molar-refractivity contribution in [2.45, 2.75) is 44.1 Å².